The SMILES string of the molecule is FC1=CC=CC(Br)(c2ccc(F)c(F)c2)C1. The van der Waals surface area contributed by atoms with Gasteiger partial charge in [0, 0.05) is 6.42 Å². The van der Waals surface area contributed by atoms with Gasteiger partial charge >= 0.3 is 0 Å². The van der Waals surface area contributed by atoms with Crippen LogP contribution in [0.25, 0.3) is 0 Å². The van der Waals surface area contributed by atoms with Gasteiger partial charge in [0.25, 0.3) is 0 Å². The molecular formula is C12H8BrF3. The molecule has 0 saturated carbocycles. The minimum Gasteiger partial charge on any atom is -0.212 e. The number of allylic oxidation sites excluding steroid dienone is 4. The average molecular weight is 289 g/mol. The molecule has 1 aromatic rings. The maximum absolute atomic E-state index is 13.2. The molecule has 0 heterocycles. The van der Waals surface area contributed by atoms with Gasteiger partial charge in [0.15, 0.2) is 11.6 Å². The Bertz CT molecular complexity index is 479. The quantitative estimate of drug-likeness (QED) is 0.673. The van der Waals surface area contributed by atoms with Crippen molar-refractivity contribution in [3.8, 4) is 0 Å². The van der Waals surface area contributed by atoms with E-state index < -0.39 is 16.0 Å². The smallest absolute Gasteiger partial charge is 0.159 e. The van der Waals surface area contributed by atoms with Crippen molar-refractivity contribution < 1.29 is 13.2 Å². The van der Waals surface area contributed by atoms with Gasteiger partial charge in [0.1, 0.15) is 5.83 Å². The summed E-state index contributed by atoms with van der Waals surface area (Å²) in [7, 11) is 0. The summed E-state index contributed by atoms with van der Waals surface area (Å²) in [5.41, 5.74) is 0.492. The van der Waals surface area contributed by atoms with E-state index in [-0.39, 0.29) is 12.2 Å². The fourth-order valence-corrected chi connectivity index (χ4v) is 2.29. The normalized spacial score (nSPS) is 24.4. The van der Waals surface area contributed by atoms with Crippen molar-refractivity contribution in [1.29, 1.82) is 0 Å². The summed E-state index contributed by atoms with van der Waals surface area (Å²) >= 11 is 3.35. The molecule has 16 heavy (non-hydrogen) atoms. The van der Waals surface area contributed by atoms with Crippen molar-refractivity contribution in [2.75, 3.05) is 0 Å². The van der Waals surface area contributed by atoms with Crippen LogP contribution < -0.4 is 0 Å². The molecule has 0 N–H and O–H groups in total. The first-order valence-corrected chi connectivity index (χ1v) is 5.49. The third-order valence-electron chi connectivity index (χ3n) is 2.46. The van der Waals surface area contributed by atoms with Crippen LogP contribution in [0, 0.1) is 11.6 Å². The summed E-state index contributed by atoms with van der Waals surface area (Å²) in [5, 5.41) is 0. The van der Waals surface area contributed by atoms with Crippen molar-refractivity contribution in [1.82, 2.24) is 0 Å². The van der Waals surface area contributed by atoms with Gasteiger partial charge in [-0.05, 0) is 23.8 Å². The van der Waals surface area contributed by atoms with E-state index in [0.717, 1.165) is 12.1 Å². The lowest BCUT2D eigenvalue weighted by atomic mass is 9.91. The van der Waals surface area contributed by atoms with Gasteiger partial charge < -0.3 is 0 Å². The molecule has 84 valence electrons. The Morgan fingerprint density at radius 1 is 1.12 bits per heavy atom. The molecule has 0 saturated heterocycles. The molecule has 0 nitrogen and oxygen atoms in total. The topological polar surface area (TPSA) is 0 Å². The lowest BCUT2D eigenvalue weighted by molar-refractivity contribution is 0.502. The summed E-state index contributed by atoms with van der Waals surface area (Å²) in [6.07, 6.45) is 4.70. The van der Waals surface area contributed by atoms with Crippen molar-refractivity contribution in [3.63, 3.8) is 0 Å². The number of halogens is 4. The van der Waals surface area contributed by atoms with E-state index in [1.54, 1.807) is 12.2 Å². The van der Waals surface area contributed by atoms with Crippen LogP contribution in [0.15, 0.2) is 42.3 Å². The van der Waals surface area contributed by atoms with Crippen molar-refractivity contribution >= 4 is 15.9 Å². The van der Waals surface area contributed by atoms with Crippen molar-refractivity contribution in [2.24, 2.45) is 0 Å². The number of hydrogen-bond donors (Lipinski definition) is 0. The predicted molar refractivity (Wildman–Crippen MR) is 59.9 cm³/mol. The molecule has 0 spiro atoms. The van der Waals surface area contributed by atoms with Gasteiger partial charge in [0.2, 0.25) is 0 Å². The number of rotatable bonds is 1. The second-order valence-corrected chi connectivity index (χ2v) is 5.06. The fourth-order valence-electron chi connectivity index (χ4n) is 1.62. The first-order chi connectivity index (χ1) is 7.51. The van der Waals surface area contributed by atoms with Crippen molar-refractivity contribution in [3.05, 3.63) is 59.5 Å². The van der Waals surface area contributed by atoms with Crippen LogP contribution >= 0.6 is 15.9 Å². The number of benzene rings is 1. The molecule has 0 aliphatic heterocycles. The zero-order chi connectivity index (χ0) is 11.8. The third-order valence-corrected chi connectivity index (χ3v) is 3.47. The Morgan fingerprint density at radius 2 is 1.88 bits per heavy atom. The Hall–Kier alpha value is -1.03. The minimum atomic E-state index is -0.931. The molecule has 0 bridgehead atoms. The summed E-state index contributed by atoms with van der Waals surface area (Å²) < 4.78 is 38.2. The first-order valence-electron chi connectivity index (χ1n) is 4.70. The van der Waals surface area contributed by atoms with Gasteiger partial charge in [-0.15, -0.1) is 0 Å². The molecule has 1 aromatic carbocycles. The van der Waals surface area contributed by atoms with E-state index in [1.165, 1.54) is 12.1 Å². The zero-order valence-corrected chi connectivity index (χ0v) is 9.77. The first kappa shape index (κ1) is 11.5. The van der Waals surface area contributed by atoms with Crippen LogP contribution in [0.4, 0.5) is 13.2 Å². The second kappa shape index (κ2) is 4.09. The van der Waals surface area contributed by atoms with E-state index >= 15 is 0 Å². The summed E-state index contributed by atoms with van der Waals surface area (Å²) in [6.45, 7) is 0. The number of alkyl halides is 1. The Morgan fingerprint density at radius 3 is 2.50 bits per heavy atom. The summed E-state index contributed by atoms with van der Waals surface area (Å²) in [5.74, 6) is -2.14. The standard InChI is InChI=1S/C12H8BrF3/c13-12(5-1-2-9(14)7-12)8-3-4-10(15)11(16)6-8/h1-6H,7H2. The maximum atomic E-state index is 13.2. The lowest BCUT2D eigenvalue weighted by Crippen LogP contribution is -2.17. The Balaban J connectivity index is 2.41. The van der Waals surface area contributed by atoms with E-state index in [1.807, 2.05) is 0 Å². The zero-order valence-electron chi connectivity index (χ0n) is 8.18. The average Bonchev–Trinajstić information content (AvgIpc) is 2.21. The van der Waals surface area contributed by atoms with Gasteiger partial charge in [-0.25, -0.2) is 13.2 Å². The molecule has 0 radical (unpaired) electrons. The van der Waals surface area contributed by atoms with E-state index in [0.29, 0.717) is 5.56 Å². The highest BCUT2D eigenvalue weighted by atomic mass is 79.9. The molecule has 0 aromatic heterocycles. The fraction of sp³-hybridized carbons (Fsp3) is 0.167. The minimum absolute atomic E-state index is 0.0918. The largest absolute Gasteiger partial charge is 0.212 e. The van der Waals surface area contributed by atoms with Crippen LogP contribution in [-0.4, -0.2) is 0 Å². The number of hydrogen-bond acceptors (Lipinski definition) is 0. The van der Waals surface area contributed by atoms with Crippen LogP contribution in [0.3, 0.4) is 0 Å². The van der Waals surface area contributed by atoms with E-state index in [4.69, 9.17) is 0 Å². The van der Waals surface area contributed by atoms with Gasteiger partial charge in [0.05, 0.1) is 4.32 Å². The van der Waals surface area contributed by atoms with Crippen LogP contribution in [-0.2, 0) is 4.32 Å². The second-order valence-electron chi connectivity index (χ2n) is 3.64. The molecule has 2 rings (SSSR count). The molecule has 1 aliphatic rings. The molecule has 1 atom stereocenters. The highest BCUT2D eigenvalue weighted by Crippen LogP contribution is 2.41. The summed E-state index contributed by atoms with van der Waals surface area (Å²) in [6, 6.07) is 3.56. The molecule has 1 unspecified atom stereocenters. The van der Waals surface area contributed by atoms with E-state index in [9.17, 15) is 13.2 Å². The molecule has 0 fully saturated rings. The maximum Gasteiger partial charge on any atom is 0.159 e. The predicted octanol–water partition coefficient (Wildman–Crippen LogP) is 4.37. The molecule has 0 amide bonds. The van der Waals surface area contributed by atoms with Crippen LogP contribution in [0.2, 0.25) is 0 Å². The van der Waals surface area contributed by atoms with Gasteiger partial charge in [-0.1, -0.05) is 34.1 Å². The Labute approximate surface area is 99.6 Å². The molecule has 4 heteroatoms. The van der Waals surface area contributed by atoms with Crippen molar-refractivity contribution in [2.45, 2.75) is 10.7 Å². The molecule has 1 aliphatic carbocycles. The Kier molecular flexibility index (Phi) is 2.93. The van der Waals surface area contributed by atoms with Gasteiger partial charge in [-0.2, -0.15) is 0 Å². The van der Waals surface area contributed by atoms with E-state index in [2.05, 4.69) is 15.9 Å². The summed E-state index contributed by atoms with van der Waals surface area (Å²) in [4.78, 5) is 0. The monoisotopic (exact) mass is 288 g/mol. The third kappa shape index (κ3) is 2.07. The van der Waals surface area contributed by atoms with Crippen LogP contribution in [0.5, 0.6) is 0 Å². The highest BCUT2D eigenvalue weighted by Gasteiger charge is 2.30. The lowest BCUT2D eigenvalue weighted by Gasteiger charge is -2.25. The molecular weight excluding hydrogens is 281 g/mol. The van der Waals surface area contributed by atoms with Gasteiger partial charge in [-0.3, -0.25) is 0 Å². The van der Waals surface area contributed by atoms with Crippen LogP contribution in [0.1, 0.15) is 12.0 Å². The highest BCUT2D eigenvalue weighted by molar-refractivity contribution is 9.09.